The second-order valence-electron chi connectivity index (χ2n) is 6.53. The van der Waals surface area contributed by atoms with Crippen LogP contribution in [0.3, 0.4) is 0 Å². The van der Waals surface area contributed by atoms with Crippen molar-refractivity contribution in [1.82, 2.24) is 19.7 Å². The van der Waals surface area contributed by atoms with Crippen molar-refractivity contribution in [3.63, 3.8) is 0 Å². The zero-order chi connectivity index (χ0) is 18.1. The fourth-order valence-electron chi connectivity index (χ4n) is 3.39. The van der Waals surface area contributed by atoms with Crippen LogP contribution in [0.15, 0.2) is 60.9 Å². The summed E-state index contributed by atoms with van der Waals surface area (Å²) < 4.78 is 1.86. The van der Waals surface area contributed by atoms with Gasteiger partial charge in [0.1, 0.15) is 5.69 Å². The predicted octanol–water partition coefficient (Wildman–Crippen LogP) is 4.00. The van der Waals surface area contributed by atoms with Gasteiger partial charge in [0.15, 0.2) is 0 Å². The van der Waals surface area contributed by atoms with Gasteiger partial charge in [-0.05, 0) is 30.7 Å². The van der Waals surface area contributed by atoms with Crippen LogP contribution in [0.4, 0.5) is 0 Å². The number of pyridine rings is 2. The zero-order valence-electron chi connectivity index (χ0n) is 15.3. The first-order valence-electron chi connectivity index (χ1n) is 8.67. The molecule has 0 aliphatic carbocycles. The largest absolute Gasteiger partial charge is 0.324 e. The molecule has 3 aromatic heterocycles. The van der Waals surface area contributed by atoms with E-state index in [2.05, 4.69) is 22.1 Å². The number of benzene rings is 1. The maximum Gasteiger partial charge on any atom is 0.101 e. The summed E-state index contributed by atoms with van der Waals surface area (Å²) in [4.78, 5) is 8.80. The lowest BCUT2D eigenvalue weighted by Crippen LogP contribution is -2.15. The molecular weight excluding hydrogens is 358 g/mol. The highest BCUT2D eigenvalue weighted by molar-refractivity contribution is 5.93. The number of halogens is 1. The SMILES string of the molecule is Cc1cccc(C[C@H](N)c2ccccc2-c2nn(C)c3cnccc23)n1.Cl. The molecule has 1 aromatic carbocycles. The molecule has 0 aliphatic rings. The van der Waals surface area contributed by atoms with Crippen molar-refractivity contribution in [3.05, 3.63) is 77.9 Å². The molecule has 0 amide bonds. The van der Waals surface area contributed by atoms with E-state index in [9.17, 15) is 0 Å². The van der Waals surface area contributed by atoms with Crippen LogP contribution >= 0.6 is 12.4 Å². The summed E-state index contributed by atoms with van der Waals surface area (Å²) in [6, 6.07) is 16.1. The summed E-state index contributed by atoms with van der Waals surface area (Å²) >= 11 is 0. The standard InChI is InChI=1S/C21H21N5.ClH/c1-14-6-5-7-15(24-14)12-19(22)16-8-3-4-9-17(16)21-18-10-11-23-13-20(18)26(2)25-21;/h3-11,13,19H,12,22H2,1-2H3;1H/t19-;/m0./s1. The van der Waals surface area contributed by atoms with E-state index in [-0.39, 0.29) is 18.4 Å². The number of nitrogens with zero attached hydrogens (tertiary/aromatic N) is 4. The van der Waals surface area contributed by atoms with E-state index in [1.165, 1.54) is 0 Å². The van der Waals surface area contributed by atoms with Gasteiger partial charge in [-0.2, -0.15) is 5.10 Å². The van der Waals surface area contributed by atoms with Crippen molar-refractivity contribution in [3.8, 4) is 11.3 Å². The quantitative estimate of drug-likeness (QED) is 0.581. The topological polar surface area (TPSA) is 69.6 Å². The number of hydrogen-bond donors (Lipinski definition) is 1. The molecule has 0 aliphatic heterocycles. The second kappa shape index (κ2) is 7.86. The summed E-state index contributed by atoms with van der Waals surface area (Å²) in [5.74, 6) is 0. The Morgan fingerprint density at radius 1 is 1.07 bits per heavy atom. The maximum atomic E-state index is 6.58. The van der Waals surface area contributed by atoms with E-state index < -0.39 is 0 Å². The molecule has 6 heteroatoms. The highest BCUT2D eigenvalue weighted by Crippen LogP contribution is 2.32. The zero-order valence-corrected chi connectivity index (χ0v) is 16.1. The minimum Gasteiger partial charge on any atom is -0.324 e. The Hall–Kier alpha value is -2.76. The van der Waals surface area contributed by atoms with Crippen molar-refractivity contribution < 1.29 is 0 Å². The van der Waals surface area contributed by atoms with E-state index in [4.69, 9.17) is 10.8 Å². The minimum atomic E-state index is -0.153. The van der Waals surface area contributed by atoms with E-state index in [1.54, 1.807) is 6.20 Å². The highest BCUT2D eigenvalue weighted by atomic mass is 35.5. The lowest BCUT2D eigenvalue weighted by molar-refractivity contribution is 0.705. The minimum absolute atomic E-state index is 0. The molecule has 5 nitrogen and oxygen atoms in total. The van der Waals surface area contributed by atoms with Crippen LogP contribution in [0.5, 0.6) is 0 Å². The molecular formula is C21H22ClN5. The van der Waals surface area contributed by atoms with Gasteiger partial charge in [-0.25, -0.2) is 0 Å². The molecule has 0 saturated carbocycles. The molecule has 0 unspecified atom stereocenters. The van der Waals surface area contributed by atoms with Crippen LogP contribution in [0.25, 0.3) is 22.2 Å². The molecule has 0 fully saturated rings. The van der Waals surface area contributed by atoms with E-state index in [1.807, 2.05) is 61.2 Å². The van der Waals surface area contributed by atoms with Crippen molar-refractivity contribution in [2.24, 2.45) is 12.8 Å². The molecule has 4 aromatic rings. The average molecular weight is 380 g/mol. The molecule has 0 saturated heterocycles. The first kappa shape index (κ1) is 19.0. The molecule has 3 heterocycles. The van der Waals surface area contributed by atoms with Crippen molar-refractivity contribution in [2.75, 3.05) is 0 Å². The smallest absolute Gasteiger partial charge is 0.101 e. The van der Waals surface area contributed by atoms with Crippen LogP contribution in [0.2, 0.25) is 0 Å². The Morgan fingerprint density at radius 3 is 2.70 bits per heavy atom. The van der Waals surface area contributed by atoms with Gasteiger partial charge in [0.25, 0.3) is 0 Å². The molecule has 0 bridgehead atoms. The fraction of sp³-hybridized carbons (Fsp3) is 0.190. The van der Waals surface area contributed by atoms with Gasteiger partial charge >= 0.3 is 0 Å². The van der Waals surface area contributed by atoms with Gasteiger partial charge in [-0.3, -0.25) is 14.6 Å². The number of aromatic nitrogens is 4. The first-order valence-corrected chi connectivity index (χ1v) is 8.67. The first-order chi connectivity index (χ1) is 12.6. The van der Waals surface area contributed by atoms with Crippen LogP contribution < -0.4 is 5.73 Å². The highest BCUT2D eigenvalue weighted by Gasteiger charge is 2.18. The third kappa shape index (κ3) is 3.70. The van der Waals surface area contributed by atoms with Gasteiger partial charge in [-0.1, -0.05) is 30.3 Å². The van der Waals surface area contributed by atoms with E-state index in [0.29, 0.717) is 6.42 Å². The van der Waals surface area contributed by atoms with Crippen LogP contribution in [-0.2, 0) is 13.5 Å². The fourth-order valence-corrected chi connectivity index (χ4v) is 3.39. The number of hydrogen-bond acceptors (Lipinski definition) is 4. The summed E-state index contributed by atoms with van der Waals surface area (Å²) in [5, 5.41) is 5.81. The molecule has 4 rings (SSSR count). The Labute approximate surface area is 164 Å². The Kier molecular flexibility index (Phi) is 5.54. The number of rotatable bonds is 4. The summed E-state index contributed by atoms with van der Waals surface area (Å²) in [5.41, 5.74) is 12.7. The van der Waals surface area contributed by atoms with Crippen LogP contribution in [0, 0.1) is 6.92 Å². The van der Waals surface area contributed by atoms with E-state index in [0.717, 1.165) is 39.1 Å². The van der Waals surface area contributed by atoms with Gasteiger partial charge in [0.05, 0.1) is 11.7 Å². The van der Waals surface area contributed by atoms with Gasteiger partial charge < -0.3 is 5.73 Å². The molecule has 27 heavy (non-hydrogen) atoms. The van der Waals surface area contributed by atoms with Crippen LogP contribution in [-0.4, -0.2) is 19.7 Å². The normalized spacial score (nSPS) is 12.0. The summed E-state index contributed by atoms with van der Waals surface area (Å²) in [6.07, 6.45) is 4.32. The summed E-state index contributed by atoms with van der Waals surface area (Å²) in [6.45, 7) is 2.00. The van der Waals surface area contributed by atoms with Gasteiger partial charge in [0.2, 0.25) is 0 Å². The summed E-state index contributed by atoms with van der Waals surface area (Å²) in [7, 11) is 1.94. The third-order valence-corrected chi connectivity index (χ3v) is 4.64. The number of nitrogens with two attached hydrogens (primary N) is 1. The third-order valence-electron chi connectivity index (χ3n) is 4.64. The molecule has 0 spiro atoms. The number of fused-ring (bicyclic) bond motifs is 1. The lowest BCUT2D eigenvalue weighted by Gasteiger charge is -2.16. The average Bonchev–Trinajstić information content (AvgIpc) is 2.99. The van der Waals surface area contributed by atoms with Crippen molar-refractivity contribution in [1.29, 1.82) is 0 Å². The molecule has 2 N–H and O–H groups in total. The van der Waals surface area contributed by atoms with Gasteiger partial charge in [0, 0.05) is 48.0 Å². The van der Waals surface area contributed by atoms with Gasteiger partial charge in [-0.15, -0.1) is 12.4 Å². The second-order valence-corrected chi connectivity index (χ2v) is 6.53. The Bertz CT molecular complexity index is 1070. The predicted molar refractivity (Wildman–Crippen MR) is 111 cm³/mol. The van der Waals surface area contributed by atoms with E-state index >= 15 is 0 Å². The van der Waals surface area contributed by atoms with Crippen LogP contribution in [0.1, 0.15) is 23.0 Å². The molecule has 1 atom stereocenters. The monoisotopic (exact) mass is 379 g/mol. The lowest BCUT2D eigenvalue weighted by atomic mass is 9.94. The Balaban J connectivity index is 0.00000210. The maximum absolute atomic E-state index is 6.58. The Morgan fingerprint density at radius 2 is 1.89 bits per heavy atom. The van der Waals surface area contributed by atoms with Crippen molar-refractivity contribution in [2.45, 2.75) is 19.4 Å². The number of aryl methyl sites for hydroxylation is 2. The molecule has 138 valence electrons. The molecule has 0 radical (unpaired) electrons. The van der Waals surface area contributed by atoms with Crippen molar-refractivity contribution >= 4 is 23.3 Å².